The maximum absolute atomic E-state index is 9.03. The van der Waals surface area contributed by atoms with Gasteiger partial charge in [-0.3, -0.25) is 0 Å². The zero-order chi connectivity index (χ0) is 11.5. The lowest BCUT2D eigenvalue weighted by molar-refractivity contribution is 0.216. The van der Waals surface area contributed by atoms with Crippen molar-refractivity contribution in [2.24, 2.45) is 5.92 Å². The van der Waals surface area contributed by atoms with Crippen LogP contribution in [0, 0.1) is 17.2 Å². The quantitative estimate of drug-likeness (QED) is 0.722. The number of nitriles is 1. The molecule has 15 heavy (non-hydrogen) atoms. The Morgan fingerprint density at radius 2 is 2.20 bits per heavy atom. The first kappa shape index (κ1) is 12.5. The van der Waals surface area contributed by atoms with Crippen LogP contribution >= 0.6 is 0 Å². The average molecular weight is 209 g/mol. The number of nitrogens with one attached hydrogen (secondary N) is 1. The Kier molecular flexibility index (Phi) is 4.12. The molecule has 0 aromatic rings. The molecule has 1 rings (SSSR count). The first-order valence-electron chi connectivity index (χ1n) is 5.83. The van der Waals surface area contributed by atoms with Crippen LogP contribution in [0.25, 0.3) is 0 Å². The molecule has 0 spiro atoms. The monoisotopic (exact) mass is 209 g/mol. The van der Waals surface area contributed by atoms with Crippen LogP contribution in [-0.4, -0.2) is 37.1 Å². The summed E-state index contributed by atoms with van der Waals surface area (Å²) >= 11 is 0. The van der Waals surface area contributed by atoms with Crippen molar-refractivity contribution < 1.29 is 0 Å². The molecule has 1 N–H and O–H groups in total. The van der Waals surface area contributed by atoms with Crippen molar-refractivity contribution in [3.8, 4) is 6.07 Å². The third-order valence-electron chi connectivity index (χ3n) is 3.76. The van der Waals surface area contributed by atoms with Crippen molar-refractivity contribution >= 4 is 0 Å². The maximum Gasteiger partial charge on any atom is 0.104 e. The zero-order valence-electron chi connectivity index (χ0n) is 10.4. The summed E-state index contributed by atoms with van der Waals surface area (Å²) in [5.41, 5.74) is -0.377. The van der Waals surface area contributed by atoms with Crippen molar-refractivity contribution in [2.45, 2.75) is 44.7 Å². The van der Waals surface area contributed by atoms with E-state index in [1.807, 2.05) is 14.0 Å². The van der Waals surface area contributed by atoms with Crippen molar-refractivity contribution in [1.29, 1.82) is 5.26 Å². The fourth-order valence-electron chi connectivity index (χ4n) is 1.78. The minimum Gasteiger partial charge on any atom is -0.303 e. The third-order valence-corrected chi connectivity index (χ3v) is 3.76. The Labute approximate surface area is 93.5 Å². The van der Waals surface area contributed by atoms with Gasteiger partial charge in [-0.1, -0.05) is 0 Å². The van der Waals surface area contributed by atoms with Gasteiger partial charge in [0.15, 0.2) is 0 Å². The van der Waals surface area contributed by atoms with Gasteiger partial charge in [-0.25, -0.2) is 0 Å². The molecule has 0 saturated heterocycles. The summed E-state index contributed by atoms with van der Waals surface area (Å²) in [4.78, 5) is 2.38. The molecule has 0 aliphatic heterocycles. The van der Waals surface area contributed by atoms with E-state index in [2.05, 4.69) is 30.3 Å². The molecule has 0 radical (unpaired) electrons. The van der Waals surface area contributed by atoms with Gasteiger partial charge >= 0.3 is 0 Å². The molecule has 3 nitrogen and oxygen atoms in total. The highest BCUT2D eigenvalue weighted by atomic mass is 15.1. The van der Waals surface area contributed by atoms with Gasteiger partial charge in [0, 0.05) is 12.6 Å². The second-order valence-corrected chi connectivity index (χ2v) is 5.00. The molecule has 1 saturated carbocycles. The minimum atomic E-state index is -0.377. The van der Waals surface area contributed by atoms with Gasteiger partial charge < -0.3 is 10.2 Å². The van der Waals surface area contributed by atoms with Crippen LogP contribution in [0.2, 0.25) is 0 Å². The SMILES string of the molecule is CNC(C)(C#N)CCN(C)C(C)C1CC1. The largest absolute Gasteiger partial charge is 0.303 e. The van der Waals surface area contributed by atoms with Crippen LogP contribution in [0.15, 0.2) is 0 Å². The van der Waals surface area contributed by atoms with E-state index in [0.717, 1.165) is 18.9 Å². The zero-order valence-corrected chi connectivity index (χ0v) is 10.4. The Bertz CT molecular complexity index is 242. The van der Waals surface area contributed by atoms with Gasteiger partial charge in [0.05, 0.1) is 6.07 Å². The van der Waals surface area contributed by atoms with Gasteiger partial charge in [-0.05, 0) is 53.1 Å². The molecule has 0 aromatic heterocycles. The second-order valence-electron chi connectivity index (χ2n) is 5.00. The fraction of sp³-hybridized carbons (Fsp3) is 0.917. The molecule has 0 amide bonds. The Hall–Kier alpha value is -0.590. The van der Waals surface area contributed by atoms with Crippen LogP contribution in [0.4, 0.5) is 0 Å². The maximum atomic E-state index is 9.03. The summed E-state index contributed by atoms with van der Waals surface area (Å²) in [7, 11) is 4.02. The highest BCUT2D eigenvalue weighted by Gasteiger charge is 2.31. The normalized spacial score (nSPS) is 22.1. The van der Waals surface area contributed by atoms with Crippen molar-refractivity contribution in [2.75, 3.05) is 20.6 Å². The lowest BCUT2D eigenvalue weighted by Gasteiger charge is -2.28. The first-order valence-corrected chi connectivity index (χ1v) is 5.83. The van der Waals surface area contributed by atoms with E-state index in [-0.39, 0.29) is 5.54 Å². The third kappa shape index (κ3) is 3.48. The summed E-state index contributed by atoms with van der Waals surface area (Å²) in [5, 5.41) is 12.1. The summed E-state index contributed by atoms with van der Waals surface area (Å²) in [5.74, 6) is 0.901. The Morgan fingerprint density at radius 3 is 2.60 bits per heavy atom. The van der Waals surface area contributed by atoms with Crippen molar-refractivity contribution in [3.05, 3.63) is 0 Å². The molecule has 2 atom stereocenters. The Balaban J connectivity index is 2.32. The molecule has 1 aliphatic rings. The highest BCUT2D eigenvalue weighted by Crippen LogP contribution is 2.34. The Morgan fingerprint density at radius 1 is 1.60 bits per heavy atom. The predicted octanol–water partition coefficient (Wildman–Crippen LogP) is 1.61. The molecular formula is C12H23N3. The molecule has 3 heteroatoms. The lowest BCUT2D eigenvalue weighted by Crippen LogP contribution is -2.42. The van der Waals surface area contributed by atoms with Crippen molar-refractivity contribution in [1.82, 2.24) is 10.2 Å². The standard InChI is InChI=1S/C12H23N3/c1-10(11-5-6-11)15(4)8-7-12(2,9-13)14-3/h10-11,14H,5-8H2,1-4H3. The number of hydrogen-bond acceptors (Lipinski definition) is 3. The molecule has 0 bridgehead atoms. The summed E-state index contributed by atoms with van der Waals surface area (Å²) in [6.07, 6.45) is 3.65. The molecule has 1 fully saturated rings. The van der Waals surface area contributed by atoms with Gasteiger partial charge in [-0.2, -0.15) is 5.26 Å². The van der Waals surface area contributed by atoms with Gasteiger partial charge in [0.1, 0.15) is 5.54 Å². The van der Waals surface area contributed by atoms with Gasteiger partial charge in [0.2, 0.25) is 0 Å². The number of hydrogen-bond donors (Lipinski definition) is 1. The van der Waals surface area contributed by atoms with E-state index in [4.69, 9.17) is 5.26 Å². The summed E-state index contributed by atoms with van der Waals surface area (Å²) in [6.45, 7) is 5.24. The molecular weight excluding hydrogens is 186 g/mol. The van der Waals surface area contributed by atoms with E-state index >= 15 is 0 Å². The average Bonchev–Trinajstić information content (AvgIpc) is 3.08. The number of rotatable bonds is 6. The fourth-order valence-corrected chi connectivity index (χ4v) is 1.78. The molecule has 2 unspecified atom stereocenters. The van der Waals surface area contributed by atoms with E-state index in [9.17, 15) is 0 Å². The van der Waals surface area contributed by atoms with Crippen LogP contribution in [-0.2, 0) is 0 Å². The second kappa shape index (κ2) is 4.96. The van der Waals surface area contributed by atoms with Crippen LogP contribution in [0.3, 0.4) is 0 Å². The van der Waals surface area contributed by atoms with Crippen LogP contribution in [0.1, 0.15) is 33.1 Å². The predicted molar refractivity (Wildman–Crippen MR) is 62.5 cm³/mol. The topological polar surface area (TPSA) is 39.1 Å². The van der Waals surface area contributed by atoms with Crippen LogP contribution in [0.5, 0.6) is 0 Å². The van der Waals surface area contributed by atoms with E-state index < -0.39 is 0 Å². The first-order chi connectivity index (χ1) is 7.02. The summed E-state index contributed by atoms with van der Waals surface area (Å²) < 4.78 is 0. The van der Waals surface area contributed by atoms with Crippen molar-refractivity contribution in [3.63, 3.8) is 0 Å². The molecule has 0 heterocycles. The van der Waals surface area contributed by atoms with E-state index in [0.29, 0.717) is 6.04 Å². The van der Waals surface area contributed by atoms with Crippen LogP contribution < -0.4 is 5.32 Å². The summed E-state index contributed by atoms with van der Waals surface area (Å²) in [6, 6.07) is 3.00. The molecule has 1 aliphatic carbocycles. The highest BCUT2D eigenvalue weighted by molar-refractivity contribution is 5.03. The lowest BCUT2D eigenvalue weighted by atomic mass is 9.99. The minimum absolute atomic E-state index is 0.377. The van der Waals surface area contributed by atoms with Gasteiger partial charge in [0.25, 0.3) is 0 Å². The smallest absolute Gasteiger partial charge is 0.104 e. The van der Waals surface area contributed by atoms with Gasteiger partial charge in [-0.15, -0.1) is 0 Å². The number of nitrogens with zero attached hydrogens (tertiary/aromatic N) is 2. The van der Waals surface area contributed by atoms with E-state index in [1.165, 1.54) is 12.8 Å². The molecule has 86 valence electrons. The molecule has 0 aromatic carbocycles. The van der Waals surface area contributed by atoms with E-state index in [1.54, 1.807) is 0 Å².